The van der Waals surface area contributed by atoms with Crippen LogP contribution in [0.5, 0.6) is 11.5 Å². The molecule has 2 aromatic heterocycles. The Hall–Kier alpha value is -4.52. The van der Waals surface area contributed by atoms with E-state index in [2.05, 4.69) is 34.7 Å². The van der Waals surface area contributed by atoms with Crippen LogP contribution in [0.4, 0.5) is 5.82 Å². The Morgan fingerprint density at radius 3 is 2.62 bits per heavy atom. The maximum atomic E-state index is 12.6. The second-order valence-electron chi connectivity index (χ2n) is 7.70. The number of nitrogens with zero attached hydrogens (tertiary/aromatic N) is 2. The molecule has 0 aliphatic rings. The maximum Gasteiger partial charge on any atom is 0.292 e. The number of anilines is 1. The minimum atomic E-state index is -0.376. The van der Waals surface area contributed by atoms with Crippen molar-refractivity contribution in [3.8, 4) is 11.5 Å². The van der Waals surface area contributed by atoms with Crippen LogP contribution in [0.1, 0.15) is 21.9 Å². The number of nitrogens with one attached hydrogen (secondary N) is 1. The lowest BCUT2D eigenvalue weighted by molar-refractivity contribution is 0.0992. The van der Waals surface area contributed by atoms with Gasteiger partial charge >= 0.3 is 0 Å². The molecule has 0 unspecified atom stereocenters. The van der Waals surface area contributed by atoms with Gasteiger partial charge in [0.2, 0.25) is 0 Å². The number of para-hydroxylation sites is 2. The predicted molar refractivity (Wildman–Crippen MR) is 129 cm³/mol. The lowest BCUT2D eigenvalue weighted by atomic mass is 10.0. The highest BCUT2D eigenvalue weighted by Gasteiger charge is 2.14. The summed E-state index contributed by atoms with van der Waals surface area (Å²) in [7, 11) is 1.58. The van der Waals surface area contributed by atoms with E-state index in [-0.39, 0.29) is 18.3 Å². The van der Waals surface area contributed by atoms with Crippen molar-refractivity contribution in [2.75, 3.05) is 12.4 Å². The van der Waals surface area contributed by atoms with Crippen LogP contribution < -0.4 is 14.8 Å². The average molecular weight is 453 g/mol. The van der Waals surface area contributed by atoms with Crippen LogP contribution in [0.25, 0.3) is 10.8 Å². The van der Waals surface area contributed by atoms with Gasteiger partial charge in [0, 0.05) is 12.3 Å². The van der Waals surface area contributed by atoms with E-state index >= 15 is 0 Å². The molecule has 7 nitrogen and oxygen atoms in total. The van der Waals surface area contributed by atoms with Crippen molar-refractivity contribution in [3.05, 3.63) is 108 Å². The van der Waals surface area contributed by atoms with Crippen molar-refractivity contribution in [3.63, 3.8) is 0 Å². The number of rotatable bonds is 8. The van der Waals surface area contributed by atoms with Crippen LogP contribution >= 0.6 is 0 Å². The monoisotopic (exact) mass is 453 g/mol. The van der Waals surface area contributed by atoms with E-state index in [1.165, 1.54) is 10.8 Å². The third-order valence-electron chi connectivity index (χ3n) is 5.42. The third-order valence-corrected chi connectivity index (χ3v) is 5.42. The number of aromatic nitrogens is 2. The first-order valence-electron chi connectivity index (χ1n) is 10.9. The van der Waals surface area contributed by atoms with Gasteiger partial charge in [0.25, 0.3) is 5.91 Å². The van der Waals surface area contributed by atoms with E-state index in [1.807, 2.05) is 48.7 Å². The van der Waals surface area contributed by atoms with E-state index in [1.54, 1.807) is 30.0 Å². The van der Waals surface area contributed by atoms with Gasteiger partial charge in [-0.25, -0.2) is 0 Å². The third kappa shape index (κ3) is 4.63. The van der Waals surface area contributed by atoms with Gasteiger partial charge in [0.1, 0.15) is 12.4 Å². The van der Waals surface area contributed by atoms with Gasteiger partial charge in [0.05, 0.1) is 13.7 Å². The molecule has 0 saturated heterocycles. The molecule has 0 spiro atoms. The fourth-order valence-electron chi connectivity index (χ4n) is 3.76. The van der Waals surface area contributed by atoms with Crippen LogP contribution in [-0.4, -0.2) is 22.8 Å². The molecule has 5 aromatic rings. The van der Waals surface area contributed by atoms with Crippen molar-refractivity contribution < 1.29 is 18.7 Å². The van der Waals surface area contributed by atoms with E-state index in [4.69, 9.17) is 13.9 Å². The summed E-state index contributed by atoms with van der Waals surface area (Å²) >= 11 is 0. The lowest BCUT2D eigenvalue weighted by Gasteiger charge is -2.08. The van der Waals surface area contributed by atoms with Gasteiger partial charge in [-0.2, -0.15) is 5.10 Å². The number of carbonyl (C=O) groups is 1. The van der Waals surface area contributed by atoms with Crippen molar-refractivity contribution in [2.45, 2.75) is 13.2 Å². The molecule has 170 valence electrons. The molecule has 0 aliphatic carbocycles. The number of hydrogen-bond acceptors (Lipinski definition) is 5. The normalized spacial score (nSPS) is 10.9. The molecule has 3 aromatic carbocycles. The van der Waals surface area contributed by atoms with E-state index in [0.29, 0.717) is 29.6 Å². The molecule has 34 heavy (non-hydrogen) atoms. The molecule has 5 rings (SSSR count). The summed E-state index contributed by atoms with van der Waals surface area (Å²) in [4.78, 5) is 12.6. The fourth-order valence-corrected chi connectivity index (χ4v) is 3.76. The molecule has 7 heteroatoms. The Balaban J connectivity index is 1.21. The first kappa shape index (κ1) is 21.3. The van der Waals surface area contributed by atoms with Crippen molar-refractivity contribution in [2.24, 2.45) is 0 Å². The second-order valence-corrected chi connectivity index (χ2v) is 7.70. The predicted octanol–water partition coefficient (Wildman–Crippen LogP) is 5.52. The van der Waals surface area contributed by atoms with Gasteiger partial charge < -0.3 is 19.2 Å². The number of methoxy groups -OCH3 is 1. The Labute approximate surface area is 196 Å². The van der Waals surface area contributed by atoms with Gasteiger partial charge in [-0.3, -0.25) is 9.48 Å². The maximum absolute atomic E-state index is 12.6. The molecular weight excluding hydrogens is 430 g/mol. The Kier molecular flexibility index (Phi) is 5.99. The summed E-state index contributed by atoms with van der Waals surface area (Å²) in [5.74, 6) is 2.02. The van der Waals surface area contributed by atoms with Crippen molar-refractivity contribution in [1.82, 2.24) is 9.78 Å². The average Bonchev–Trinajstić information content (AvgIpc) is 3.53. The van der Waals surface area contributed by atoms with Crippen LogP contribution in [0, 0.1) is 0 Å². The number of furan rings is 1. The highest BCUT2D eigenvalue weighted by Crippen LogP contribution is 2.27. The van der Waals surface area contributed by atoms with E-state index in [9.17, 15) is 4.79 Å². The zero-order chi connectivity index (χ0) is 23.3. The van der Waals surface area contributed by atoms with Crippen LogP contribution in [0.15, 0.2) is 95.5 Å². The Morgan fingerprint density at radius 2 is 1.74 bits per heavy atom. The zero-order valence-corrected chi connectivity index (χ0v) is 18.6. The molecule has 1 amide bonds. The van der Waals surface area contributed by atoms with Gasteiger partial charge in [-0.05, 0) is 40.6 Å². The lowest BCUT2D eigenvalue weighted by Crippen LogP contribution is -2.12. The minimum absolute atomic E-state index is 0.174. The fraction of sp³-hybridized carbons (Fsp3) is 0.111. The number of amides is 1. The smallest absolute Gasteiger partial charge is 0.292 e. The molecule has 0 bridgehead atoms. The first-order valence-corrected chi connectivity index (χ1v) is 10.9. The quantitative estimate of drug-likeness (QED) is 0.335. The summed E-state index contributed by atoms with van der Waals surface area (Å²) in [5, 5.41) is 9.63. The molecule has 0 atom stereocenters. The van der Waals surface area contributed by atoms with Crippen LogP contribution in [0.3, 0.4) is 0 Å². The molecule has 0 fully saturated rings. The van der Waals surface area contributed by atoms with Gasteiger partial charge in [0.15, 0.2) is 23.1 Å². The molecule has 1 N–H and O–H groups in total. The number of ether oxygens (including phenoxy) is 2. The van der Waals surface area contributed by atoms with Crippen molar-refractivity contribution in [1.29, 1.82) is 0 Å². The van der Waals surface area contributed by atoms with Crippen LogP contribution in [0.2, 0.25) is 0 Å². The summed E-state index contributed by atoms with van der Waals surface area (Å²) in [6.45, 7) is 0.774. The Bertz CT molecular complexity index is 1430. The largest absolute Gasteiger partial charge is 0.493 e. The first-order chi connectivity index (χ1) is 16.7. The molecule has 2 heterocycles. The molecular formula is C27H23N3O4. The Morgan fingerprint density at radius 1 is 0.941 bits per heavy atom. The SMILES string of the molecule is COc1ccccc1OCc1ccc(C(=O)Nc2ccn(Cc3cccc4ccccc34)n2)o1. The number of benzene rings is 3. The molecule has 0 aliphatic heterocycles. The molecule has 0 radical (unpaired) electrons. The van der Waals surface area contributed by atoms with Crippen LogP contribution in [-0.2, 0) is 13.2 Å². The highest BCUT2D eigenvalue weighted by atomic mass is 16.5. The van der Waals surface area contributed by atoms with E-state index in [0.717, 1.165) is 5.56 Å². The summed E-state index contributed by atoms with van der Waals surface area (Å²) in [6, 6.07) is 26.9. The second kappa shape index (κ2) is 9.54. The summed E-state index contributed by atoms with van der Waals surface area (Å²) < 4.78 is 18.5. The molecule has 0 saturated carbocycles. The van der Waals surface area contributed by atoms with Gasteiger partial charge in [-0.1, -0.05) is 54.6 Å². The standard InChI is InChI=1S/C27H23N3O4/c1-32-23-11-4-5-12-24(23)33-18-21-13-14-25(34-21)27(31)28-26-15-16-30(29-26)17-20-9-6-8-19-7-2-3-10-22(19)20/h2-16H,17-18H2,1H3,(H,28,29,31). The highest BCUT2D eigenvalue weighted by molar-refractivity contribution is 6.01. The number of hydrogen-bond donors (Lipinski definition) is 1. The van der Waals surface area contributed by atoms with Crippen molar-refractivity contribution >= 4 is 22.5 Å². The summed E-state index contributed by atoms with van der Waals surface area (Å²) in [5.41, 5.74) is 1.16. The minimum Gasteiger partial charge on any atom is -0.493 e. The van der Waals surface area contributed by atoms with Gasteiger partial charge in [-0.15, -0.1) is 0 Å². The number of carbonyl (C=O) groups excluding carboxylic acids is 1. The number of fused-ring (bicyclic) bond motifs is 1. The van der Waals surface area contributed by atoms with E-state index < -0.39 is 0 Å². The topological polar surface area (TPSA) is 78.5 Å². The zero-order valence-electron chi connectivity index (χ0n) is 18.6. The summed E-state index contributed by atoms with van der Waals surface area (Å²) in [6.07, 6.45) is 1.84.